The molecule has 3 nitrogen and oxygen atoms in total. The van der Waals surface area contributed by atoms with Crippen LogP contribution >= 0.6 is 11.3 Å². The smallest absolute Gasteiger partial charge is 0.222 e. The second-order valence-electron chi connectivity index (χ2n) is 5.01. The molecule has 0 aromatic carbocycles. The largest absolute Gasteiger partial charge is 0.338 e. The number of rotatable bonds is 6. The highest BCUT2D eigenvalue weighted by Crippen LogP contribution is 2.26. The molecule has 1 aromatic rings. The van der Waals surface area contributed by atoms with Crippen LogP contribution in [0.5, 0.6) is 0 Å². The van der Waals surface area contributed by atoms with Crippen molar-refractivity contribution in [2.75, 3.05) is 13.6 Å². The SMILES string of the molecule is Cc1ccc(C(C)N(C)C(=O)CCC(C)CN)s1. The van der Waals surface area contributed by atoms with Gasteiger partial charge in [-0.2, -0.15) is 0 Å². The molecule has 102 valence electrons. The zero-order chi connectivity index (χ0) is 13.7. The Morgan fingerprint density at radius 3 is 2.61 bits per heavy atom. The fourth-order valence-electron chi connectivity index (χ4n) is 1.75. The molecule has 1 rings (SSSR count). The number of nitrogens with two attached hydrogens (primary N) is 1. The number of aryl methyl sites for hydroxylation is 1. The van der Waals surface area contributed by atoms with E-state index in [1.165, 1.54) is 9.75 Å². The Morgan fingerprint density at radius 1 is 1.44 bits per heavy atom. The van der Waals surface area contributed by atoms with E-state index in [4.69, 9.17) is 5.73 Å². The van der Waals surface area contributed by atoms with Gasteiger partial charge in [-0.25, -0.2) is 0 Å². The molecule has 0 bridgehead atoms. The van der Waals surface area contributed by atoms with E-state index < -0.39 is 0 Å². The third-order valence-corrected chi connectivity index (χ3v) is 4.57. The van der Waals surface area contributed by atoms with Crippen molar-refractivity contribution in [3.8, 4) is 0 Å². The van der Waals surface area contributed by atoms with Crippen LogP contribution in [0.15, 0.2) is 12.1 Å². The van der Waals surface area contributed by atoms with Crippen molar-refractivity contribution in [2.45, 2.75) is 39.7 Å². The van der Waals surface area contributed by atoms with Gasteiger partial charge < -0.3 is 10.6 Å². The van der Waals surface area contributed by atoms with E-state index in [1.54, 1.807) is 11.3 Å². The number of amides is 1. The fraction of sp³-hybridized carbons (Fsp3) is 0.643. The Morgan fingerprint density at radius 2 is 2.11 bits per heavy atom. The van der Waals surface area contributed by atoms with Crippen LogP contribution in [0, 0.1) is 12.8 Å². The van der Waals surface area contributed by atoms with Crippen molar-refractivity contribution in [2.24, 2.45) is 11.7 Å². The lowest BCUT2D eigenvalue weighted by atomic mass is 10.1. The Bertz CT molecular complexity index is 389. The summed E-state index contributed by atoms with van der Waals surface area (Å²) in [6.07, 6.45) is 1.46. The van der Waals surface area contributed by atoms with Crippen LogP contribution in [0.4, 0.5) is 0 Å². The molecule has 0 aliphatic heterocycles. The van der Waals surface area contributed by atoms with E-state index >= 15 is 0 Å². The number of carbonyl (C=O) groups is 1. The van der Waals surface area contributed by atoms with Crippen LogP contribution < -0.4 is 5.73 Å². The van der Waals surface area contributed by atoms with E-state index in [-0.39, 0.29) is 11.9 Å². The molecular weight excluding hydrogens is 244 g/mol. The van der Waals surface area contributed by atoms with Crippen LogP contribution in [0.25, 0.3) is 0 Å². The molecule has 18 heavy (non-hydrogen) atoms. The van der Waals surface area contributed by atoms with Crippen LogP contribution in [0.2, 0.25) is 0 Å². The van der Waals surface area contributed by atoms with Crippen molar-refractivity contribution in [3.05, 3.63) is 21.9 Å². The monoisotopic (exact) mass is 268 g/mol. The highest BCUT2D eigenvalue weighted by molar-refractivity contribution is 7.12. The Balaban J connectivity index is 2.52. The molecule has 1 aromatic heterocycles. The number of hydrogen-bond acceptors (Lipinski definition) is 3. The molecular formula is C14H24N2OS. The Labute approximate surface area is 114 Å². The molecule has 0 spiro atoms. The number of thiophene rings is 1. The van der Waals surface area contributed by atoms with Crippen molar-refractivity contribution in [3.63, 3.8) is 0 Å². The quantitative estimate of drug-likeness (QED) is 0.862. The molecule has 0 saturated carbocycles. The minimum atomic E-state index is 0.157. The molecule has 1 heterocycles. The molecule has 0 aliphatic rings. The van der Waals surface area contributed by atoms with Gasteiger partial charge in [-0.15, -0.1) is 11.3 Å². The van der Waals surface area contributed by atoms with Gasteiger partial charge in [-0.3, -0.25) is 4.79 Å². The Kier molecular flexibility index (Phi) is 5.82. The second-order valence-corrected chi connectivity index (χ2v) is 6.33. The van der Waals surface area contributed by atoms with Gasteiger partial charge >= 0.3 is 0 Å². The summed E-state index contributed by atoms with van der Waals surface area (Å²) in [7, 11) is 1.88. The normalized spacial score (nSPS) is 14.3. The minimum Gasteiger partial charge on any atom is -0.338 e. The van der Waals surface area contributed by atoms with E-state index in [0.29, 0.717) is 18.9 Å². The van der Waals surface area contributed by atoms with E-state index in [9.17, 15) is 4.79 Å². The highest BCUT2D eigenvalue weighted by Gasteiger charge is 2.18. The maximum Gasteiger partial charge on any atom is 0.222 e. The average Bonchev–Trinajstić information content (AvgIpc) is 2.80. The summed E-state index contributed by atoms with van der Waals surface area (Å²) in [6.45, 7) is 6.90. The third-order valence-electron chi connectivity index (χ3n) is 3.40. The maximum atomic E-state index is 12.1. The first kappa shape index (κ1) is 15.2. The highest BCUT2D eigenvalue weighted by atomic mass is 32.1. The summed E-state index contributed by atoms with van der Waals surface area (Å²) in [5.41, 5.74) is 5.56. The third kappa shape index (κ3) is 4.10. The van der Waals surface area contributed by atoms with Gasteiger partial charge in [0.15, 0.2) is 0 Å². The predicted molar refractivity (Wildman–Crippen MR) is 77.7 cm³/mol. The maximum absolute atomic E-state index is 12.1. The zero-order valence-electron chi connectivity index (χ0n) is 11.8. The summed E-state index contributed by atoms with van der Waals surface area (Å²) in [4.78, 5) is 16.4. The molecule has 0 aliphatic carbocycles. The summed E-state index contributed by atoms with van der Waals surface area (Å²) in [6, 6.07) is 4.37. The van der Waals surface area contributed by atoms with Gasteiger partial charge in [-0.05, 0) is 44.9 Å². The first-order chi connectivity index (χ1) is 8.45. The number of carbonyl (C=O) groups excluding carboxylic acids is 1. The molecule has 0 radical (unpaired) electrons. The van der Waals surface area contributed by atoms with Gasteiger partial charge in [0, 0.05) is 23.2 Å². The summed E-state index contributed by atoms with van der Waals surface area (Å²) < 4.78 is 0. The molecule has 0 saturated heterocycles. The van der Waals surface area contributed by atoms with Gasteiger partial charge in [-0.1, -0.05) is 6.92 Å². The topological polar surface area (TPSA) is 46.3 Å². The summed E-state index contributed by atoms with van der Waals surface area (Å²) in [5, 5.41) is 0. The van der Waals surface area contributed by atoms with E-state index in [1.807, 2.05) is 11.9 Å². The number of hydrogen-bond donors (Lipinski definition) is 1. The first-order valence-electron chi connectivity index (χ1n) is 6.47. The molecule has 0 fully saturated rings. The van der Waals surface area contributed by atoms with Crippen LogP contribution in [0.1, 0.15) is 42.5 Å². The molecule has 4 heteroatoms. The molecule has 1 amide bonds. The summed E-state index contributed by atoms with van der Waals surface area (Å²) >= 11 is 1.76. The Hall–Kier alpha value is -0.870. The fourth-order valence-corrected chi connectivity index (χ4v) is 2.72. The molecule has 2 unspecified atom stereocenters. The van der Waals surface area contributed by atoms with Crippen LogP contribution in [0.3, 0.4) is 0 Å². The van der Waals surface area contributed by atoms with Gasteiger partial charge in [0.05, 0.1) is 6.04 Å². The predicted octanol–water partition coefficient (Wildman–Crippen LogP) is 2.95. The molecule has 2 atom stereocenters. The van der Waals surface area contributed by atoms with Crippen molar-refractivity contribution >= 4 is 17.2 Å². The van der Waals surface area contributed by atoms with E-state index in [2.05, 4.69) is 32.9 Å². The standard InChI is InChI=1S/C14H24N2OS/c1-10(9-15)5-8-14(17)16(4)12(3)13-7-6-11(2)18-13/h6-7,10,12H,5,8-9,15H2,1-4H3. The first-order valence-corrected chi connectivity index (χ1v) is 7.29. The zero-order valence-corrected chi connectivity index (χ0v) is 12.6. The lowest BCUT2D eigenvalue weighted by Gasteiger charge is -2.24. The van der Waals surface area contributed by atoms with Crippen molar-refractivity contribution in [1.29, 1.82) is 0 Å². The van der Waals surface area contributed by atoms with Gasteiger partial charge in [0.1, 0.15) is 0 Å². The molecule has 2 N–H and O–H groups in total. The summed E-state index contributed by atoms with van der Waals surface area (Å²) in [5.74, 6) is 0.621. The van der Waals surface area contributed by atoms with Crippen molar-refractivity contribution in [1.82, 2.24) is 4.90 Å². The van der Waals surface area contributed by atoms with Crippen molar-refractivity contribution < 1.29 is 4.79 Å². The number of nitrogens with zero attached hydrogens (tertiary/aromatic N) is 1. The van der Waals surface area contributed by atoms with Crippen LogP contribution in [-0.2, 0) is 4.79 Å². The van der Waals surface area contributed by atoms with Crippen LogP contribution in [-0.4, -0.2) is 24.4 Å². The minimum absolute atomic E-state index is 0.157. The second kappa shape index (κ2) is 6.90. The van der Waals surface area contributed by atoms with E-state index in [0.717, 1.165) is 6.42 Å². The van der Waals surface area contributed by atoms with Gasteiger partial charge in [0.2, 0.25) is 5.91 Å². The van der Waals surface area contributed by atoms with Gasteiger partial charge in [0.25, 0.3) is 0 Å². The lowest BCUT2D eigenvalue weighted by Crippen LogP contribution is -2.29. The lowest BCUT2D eigenvalue weighted by molar-refractivity contribution is -0.132. The average molecular weight is 268 g/mol.